The first-order valence-corrected chi connectivity index (χ1v) is 7.00. The van der Waals surface area contributed by atoms with Crippen molar-refractivity contribution in [1.82, 2.24) is 10.1 Å². The van der Waals surface area contributed by atoms with E-state index in [2.05, 4.69) is 10.1 Å². The van der Waals surface area contributed by atoms with Crippen LogP contribution in [0.1, 0.15) is 33.1 Å². The fourth-order valence-electron chi connectivity index (χ4n) is 2.34. The number of hydrogen-bond acceptors (Lipinski definition) is 5. The average Bonchev–Trinajstić information content (AvgIpc) is 2.90. The molecule has 0 saturated carbocycles. The molecule has 0 spiro atoms. The molecule has 0 unspecified atom stereocenters. The first-order chi connectivity index (χ1) is 10.5. The number of fused-ring (bicyclic) bond motifs is 1. The third-order valence-electron chi connectivity index (χ3n) is 3.33. The summed E-state index contributed by atoms with van der Waals surface area (Å²) in [4.78, 5) is 16.8. The van der Waals surface area contributed by atoms with Crippen LogP contribution in [0, 0.1) is 20.8 Å². The van der Waals surface area contributed by atoms with Crippen molar-refractivity contribution in [3.05, 3.63) is 58.6 Å². The number of nitrogens with zero attached hydrogens (tertiary/aromatic N) is 2. The minimum Gasteiger partial charge on any atom is -0.454 e. The molecule has 5 nitrogen and oxygen atoms in total. The van der Waals surface area contributed by atoms with Crippen LogP contribution in [-0.2, 0) is 11.3 Å². The van der Waals surface area contributed by atoms with Crippen LogP contribution in [0.4, 0.5) is 0 Å². The third kappa shape index (κ3) is 2.83. The van der Waals surface area contributed by atoms with Gasteiger partial charge in [-0.25, -0.2) is 4.79 Å². The molecule has 0 N–H and O–H groups in total. The highest BCUT2D eigenvalue weighted by Gasteiger charge is 2.14. The van der Waals surface area contributed by atoms with E-state index in [1.54, 1.807) is 12.1 Å². The Bertz CT molecular complexity index is 852. The lowest BCUT2D eigenvalue weighted by molar-refractivity contribution is 0.0439. The first-order valence-electron chi connectivity index (χ1n) is 7.00. The van der Waals surface area contributed by atoms with E-state index in [0.717, 1.165) is 27.9 Å². The number of ether oxygens (including phenoxy) is 1. The van der Waals surface area contributed by atoms with Gasteiger partial charge in [0.1, 0.15) is 0 Å². The van der Waals surface area contributed by atoms with Crippen LogP contribution >= 0.6 is 0 Å². The smallest absolute Gasteiger partial charge is 0.339 e. The van der Waals surface area contributed by atoms with Gasteiger partial charge in [0.15, 0.2) is 12.4 Å². The van der Waals surface area contributed by atoms with Crippen molar-refractivity contribution in [1.29, 1.82) is 0 Å². The highest BCUT2D eigenvalue weighted by atomic mass is 16.5. The fourth-order valence-corrected chi connectivity index (χ4v) is 2.34. The number of hydrogen-bond donors (Lipinski definition) is 0. The Balaban J connectivity index is 1.91. The van der Waals surface area contributed by atoms with E-state index in [4.69, 9.17) is 9.26 Å². The topological polar surface area (TPSA) is 65.2 Å². The Kier molecular flexibility index (Phi) is 3.63. The van der Waals surface area contributed by atoms with Gasteiger partial charge in [-0.05, 0) is 39.0 Å². The van der Waals surface area contributed by atoms with Gasteiger partial charge in [0.05, 0.1) is 16.8 Å². The number of aromatic nitrogens is 2. The molecule has 112 valence electrons. The predicted molar refractivity (Wildman–Crippen MR) is 81.6 cm³/mol. The van der Waals surface area contributed by atoms with Crippen LogP contribution in [0.2, 0.25) is 0 Å². The van der Waals surface area contributed by atoms with Crippen molar-refractivity contribution >= 4 is 16.9 Å². The quantitative estimate of drug-likeness (QED) is 0.692. The molecular formula is C17H16N2O3. The molecule has 1 aromatic carbocycles. The average molecular weight is 296 g/mol. The van der Waals surface area contributed by atoms with Gasteiger partial charge < -0.3 is 9.26 Å². The minimum absolute atomic E-state index is 0.0638. The maximum atomic E-state index is 12.4. The maximum absolute atomic E-state index is 12.4. The summed E-state index contributed by atoms with van der Waals surface area (Å²) in [6, 6.07) is 9.31. The second-order valence-corrected chi connectivity index (χ2v) is 5.34. The number of carbonyl (C=O) groups excluding carboxylic acids is 1. The van der Waals surface area contributed by atoms with E-state index in [-0.39, 0.29) is 6.61 Å². The van der Waals surface area contributed by atoms with Gasteiger partial charge >= 0.3 is 5.97 Å². The molecular weight excluding hydrogens is 280 g/mol. The number of carbonyl (C=O) groups is 1. The summed E-state index contributed by atoms with van der Waals surface area (Å²) in [6.45, 7) is 5.72. The maximum Gasteiger partial charge on any atom is 0.339 e. The summed E-state index contributed by atoms with van der Waals surface area (Å²) >= 11 is 0. The van der Waals surface area contributed by atoms with E-state index >= 15 is 0 Å². The molecule has 0 amide bonds. The molecule has 0 fully saturated rings. The molecule has 0 aliphatic rings. The standard InChI is InChI=1S/C17H16N2O3/c1-10-4-5-16-14(6-10)15(8-11(2)18-16)17(20)21-9-13-7-12(3)19-22-13/h4-8H,9H2,1-3H3. The summed E-state index contributed by atoms with van der Waals surface area (Å²) in [5.41, 5.74) is 3.90. The minimum atomic E-state index is -0.393. The van der Waals surface area contributed by atoms with Crippen LogP contribution in [0.15, 0.2) is 34.9 Å². The third-order valence-corrected chi connectivity index (χ3v) is 3.33. The number of esters is 1. The van der Waals surface area contributed by atoms with Gasteiger partial charge in [-0.3, -0.25) is 4.98 Å². The molecule has 0 atom stereocenters. The number of aryl methyl sites for hydroxylation is 3. The highest BCUT2D eigenvalue weighted by Crippen LogP contribution is 2.21. The van der Waals surface area contributed by atoms with E-state index in [1.807, 2.05) is 39.0 Å². The van der Waals surface area contributed by atoms with E-state index in [9.17, 15) is 4.79 Å². The monoisotopic (exact) mass is 296 g/mol. The van der Waals surface area contributed by atoms with Crippen LogP contribution < -0.4 is 0 Å². The van der Waals surface area contributed by atoms with Crippen molar-refractivity contribution in [3.63, 3.8) is 0 Å². The van der Waals surface area contributed by atoms with E-state index < -0.39 is 5.97 Å². The van der Waals surface area contributed by atoms with Gasteiger partial charge in [0, 0.05) is 17.1 Å². The molecule has 2 heterocycles. The lowest BCUT2D eigenvalue weighted by Crippen LogP contribution is -2.07. The molecule has 0 aliphatic heterocycles. The first kappa shape index (κ1) is 14.3. The molecule has 0 aliphatic carbocycles. The molecule has 22 heavy (non-hydrogen) atoms. The van der Waals surface area contributed by atoms with Gasteiger partial charge in [0.2, 0.25) is 0 Å². The zero-order chi connectivity index (χ0) is 15.7. The largest absolute Gasteiger partial charge is 0.454 e. The van der Waals surface area contributed by atoms with Crippen LogP contribution in [0.3, 0.4) is 0 Å². The predicted octanol–water partition coefficient (Wildman–Crippen LogP) is 3.51. The Morgan fingerprint density at radius 3 is 2.68 bits per heavy atom. The Morgan fingerprint density at radius 1 is 1.14 bits per heavy atom. The number of pyridine rings is 1. The van der Waals surface area contributed by atoms with E-state index in [0.29, 0.717) is 11.3 Å². The van der Waals surface area contributed by atoms with Crippen LogP contribution in [-0.4, -0.2) is 16.1 Å². The Labute approximate surface area is 127 Å². The normalized spacial score (nSPS) is 10.9. The van der Waals surface area contributed by atoms with Gasteiger partial charge in [0.25, 0.3) is 0 Å². The Hall–Kier alpha value is -2.69. The van der Waals surface area contributed by atoms with Crippen molar-refractivity contribution in [2.75, 3.05) is 0 Å². The molecule has 0 radical (unpaired) electrons. The van der Waals surface area contributed by atoms with Crippen LogP contribution in [0.25, 0.3) is 10.9 Å². The Morgan fingerprint density at radius 2 is 1.95 bits per heavy atom. The summed E-state index contributed by atoms with van der Waals surface area (Å²) in [5, 5.41) is 4.56. The number of rotatable bonds is 3. The lowest BCUT2D eigenvalue weighted by Gasteiger charge is -2.08. The lowest BCUT2D eigenvalue weighted by atomic mass is 10.1. The molecule has 2 aromatic heterocycles. The van der Waals surface area contributed by atoms with E-state index in [1.165, 1.54) is 0 Å². The van der Waals surface area contributed by atoms with Gasteiger partial charge in [-0.15, -0.1) is 0 Å². The number of benzene rings is 1. The second kappa shape index (κ2) is 5.60. The zero-order valence-electron chi connectivity index (χ0n) is 12.7. The van der Waals surface area contributed by atoms with Crippen molar-refractivity contribution in [3.8, 4) is 0 Å². The van der Waals surface area contributed by atoms with Crippen molar-refractivity contribution < 1.29 is 14.1 Å². The summed E-state index contributed by atoms with van der Waals surface area (Å²) in [6.07, 6.45) is 0. The highest BCUT2D eigenvalue weighted by molar-refractivity contribution is 6.03. The summed E-state index contributed by atoms with van der Waals surface area (Å²) in [5.74, 6) is 0.132. The molecule has 5 heteroatoms. The molecule has 0 saturated heterocycles. The second-order valence-electron chi connectivity index (χ2n) is 5.34. The fraction of sp³-hybridized carbons (Fsp3) is 0.235. The SMILES string of the molecule is Cc1ccc2nc(C)cc(C(=O)OCc3cc(C)no3)c2c1. The van der Waals surface area contributed by atoms with Crippen molar-refractivity contribution in [2.24, 2.45) is 0 Å². The van der Waals surface area contributed by atoms with Gasteiger partial charge in [-0.2, -0.15) is 0 Å². The molecule has 3 aromatic rings. The van der Waals surface area contributed by atoms with Crippen LogP contribution in [0.5, 0.6) is 0 Å². The molecule has 0 bridgehead atoms. The summed E-state index contributed by atoms with van der Waals surface area (Å²) < 4.78 is 10.4. The zero-order valence-corrected chi connectivity index (χ0v) is 12.7. The summed E-state index contributed by atoms with van der Waals surface area (Å²) in [7, 11) is 0. The molecule has 3 rings (SSSR count). The van der Waals surface area contributed by atoms with Gasteiger partial charge in [-0.1, -0.05) is 16.8 Å². The van der Waals surface area contributed by atoms with Crippen molar-refractivity contribution in [2.45, 2.75) is 27.4 Å².